The largest absolute Gasteiger partial charge is 0.478 e. The highest BCUT2D eigenvalue weighted by molar-refractivity contribution is 5.89. The van der Waals surface area contributed by atoms with Crippen molar-refractivity contribution in [2.45, 2.75) is 103 Å². The molecule has 2 aliphatic rings. The van der Waals surface area contributed by atoms with Crippen LogP contribution in [0.1, 0.15) is 114 Å². The summed E-state index contributed by atoms with van der Waals surface area (Å²) in [5, 5.41) is 9.51. The van der Waals surface area contributed by atoms with Crippen LogP contribution in [0, 0.1) is 0 Å². The van der Waals surface area contributed by atoms with E-state index in [9.17, 15) is 9.90 Å². The van der Waals surface area contributed by atoms with E-state index in [0.717, 1.165) is 29.9 Å². The smallest absolute Gasteiger partial charge is 0.335 e. The number of carboxylic acids is 1. The summed E-state index contributed by atoms with van der Waals surface area (Å²) in [5.41, 5.74) is 9.71. The van der Waals surface area contributed by atoms with E-state index in [1.807, 2.05) is 12.1 Å². The van der Waals surface area contributed by atoms with Gasteiger partial charge in [0.25, 0.3) is 0 Å². The van der Waals surface area contributed by atoms with Crippen LogP contribution >= 0.6 is 0 Å². The first kappa shape index (κ1) is 26.5. The van der Waals surface area contributed by atoms with Gasteiger partial charge in [-0.15, -0.1) is 0 Å². The Bertz CT molecular complexity index is 1310. The van der Waals surface area contributed by atoms with Gasteiger partial charge in [-0.25, -0.2) is 4.79 Å². The molecular formula is C35H43NO2. The maximum atomic E-state index is 11.6. The Morgan fingerprint density at radius 2 is 0.895 bits per heavy atom. The Morgan fingerprint density at radius 1 is 0.553 bits per heavy atom. The summed E-state index contributed by atoms with van der Waals surface area (Å²) >= 11 is 0. The molecule has 200 valence electrons. The lowest BCUT2D eigenvalue weighted by atomic mass is 9.63. The van der Waals surface area contributed by atoms with Crippen LogP contribution in [0.5, 0.6) is 0 Å². The minimum absolute atomic E-state index is 0.0988. The van der Waals surface area contributed by atoms with Gasteiger partial charge < -0.3 is 10.0 Å². The Balaban J connectivity index is 1.72. The number of aromatic carboxylic acids is 1. The van der Waals surface area contributed by atoms with E-state index in [0.29, 0.717) is 5.56 Å². The Hall–Kier alpha value is -3.07. The molecule has 0 aliphatic heterocycles. The normalized spacial score (nSPS) is 20.2. The van der Waals surface area contributed by atoms with Crippen molar-refractivity contribution in [2.24, 2.45) is 0 Å². The van der Waals surface area contributed by atoms with Gasteiger partial charge in [-0.1, -0.05) is 67.5 Å². The zero-order valence-electron chi connectivity index (χ0n) is 24.4. The summed E-state index contributed by atoms with van der Waals surface area (Å²) in [7, 11) is 0. The van der Waals surface area contributed by atoms with Crippen LogP contribution in [0.25, 0.3) is 0 Å². The molecule has 3 nitrogen and oxygen atoms in total. The fourth-order valence-electron chi connectivity index (χ4n) is 6.63. The summed E-state index contributed by atoms with van der Waals surface area (Å²) in [6.07, 6.45) is 4.68. The van der Waals surface area contributed by atoms with Crippen molar-refractivity contribution in [1.29, 1.82) is 0 Å². The Labute approximate surface area is 228 Å². The van der Waals surface area contributed by atoms with Crippen molar-refractivity contribution in [3.63, 3.8) is 0 Å². The Kier molecular flexibility index (Phi) is 6.09. The Morgan fingerprint density at radius 3 is 1.26 bits per heavy atom. The minimum atomic E-state index is -0.904. The molecule has 0 atom stereocenters. The molecule has 0 heterocycles. The maximum absolute atomic E-state index is 11.6. The standard InChI is InChI=1S/C35H43NO2/c1-32(2)17-19-34(5,6)29-21-25(13-15-27(29)32)36(24-11-9-23(10-12-24)31(37)38)26-14-16-28-30(22-26)35(7,8)20-18-33(28,3)4/h9-16,21-22H,17-20H2,1-8H3,(H,37,38). The lowest BCUT2D eigenvalue weighted by Crippen LogP contribution is -2.34. The lowest BCUT2D eigenvalue weighted by Gasteiger charge is -2.43. The third kappa shape index (κ3) is 4.44. The van der Waals surface area contributed by atoms with Crippen LogP contribution in [-0.4, -0.2) is 11.1 Å². The number of anilines is 3. The van der Waals surface area contributed by atoms with E-state index < -0.39 is 5.97 Å². The fraction of sp³-hybridized carbons (Fsp3) is 0.457. The summed E-state index contributed by atoms with van der Waals surface area (Å²) in [5.74, 6) is -0.904. The molecule has 5 rings (SSSR count). The first-order valence-electron chi connectivity index (χ1n) is 14.1. The van der Waals surface area contributed by atoms with Crippen molar-refractivity contribution in [3.8, 4) is 0 Å². The molecule has 3 aromatic carbocycles. The second-order valence-electron chi connectivity index (χ2n) is 14.2. The van der Waals surface area contributed by atoms with Gasteiger partial charge in [-0.3, -0.25) is 0 Å². The lowest BCUT2D eigenvalue weighted by molar-refractivity contribution is 0.0697. The number of rotatable bonds is 4. The molecule has 3 aromatic rings. The number of carbonyl (C=O) groups is 1. The average Bonchev–Trinajstić information content (AvgIpc) is 2.85. The van der Waals surface area contributed by atoms with E-state index >= 15 is 0 Å². The quantitative estimate of drug-likeness (QED) is 0.381. The average molecular weight is 510 g/mol. The van der Waals surface area contributed by atoms with Crippen LogP contribution in [0.15, 0.2) is 60.7 Å². The third-order valence-corrected chi connectivity index (χ3v) is 9.56. The predicted octanol–water partition coefficient (Wildman–Crippen LogP) is 9.55. The van der Waals surface area contributed by atoms with Gasteiger partial charge in [0.15, 0.2) is 0 Å². The highest BCUT2D eigenvalue weighted by Crippen LogP contribution is 2.50. The summed E-state index contributed by atoms with van der Waals surface area (Å²) in [4.78, 5) is 13.9. The summed E-state index contributed by atoms with van der Waals surface area (Å²) in [6.45, 7) is 18.9. The number of hydrogen-bond acceptors (Lipinski definition) is 2. The molecule has 0 amide bonds. The van der Waals surface area contributed by atoms with Gasteiger partial charge >= 0.3 is 5.97 Å². The number of carboxylic acid groups (broad SMARTS) is 1. The maximum Gasteiger partial charge on any atom is 0.335 e. The molecule has 0 unspecified atom stereocenters. The van der Waals surface area contributed by atoms with E-state index in [1.54, 1.807) is 12.1 Å². The zero-order chi connectivity index (χ0) is 27.7. The predicted molar refractivity (Wildman–Crippen MR) is 159 cm³/mol. The van der Waals surface area contributed by atoms with E-state index in [2.05, 4.69) is 96.7 Å². The first-order chi connectivity index (χ1) is 17.6. The van der Waals surface area contributed by atoms with Crippen molar-refractivity contribution >= 4 is 23.0 Å². The molecular weight excluding hydrogens is 466 g/mol. The summed E-state index contributed by atoms with van der Waals surface area (Å²) in [6, 6.07) is 21.2. The SMILES string of the molecule is CC1(C)CCC(C)(C)c2cc(N(c3ccc(C(=O)O)cc3)c3ccc4c(c3)C(C)(C)CCC4(C)C)ccc21. The van der Waals surface area contributed by atoms with Crippen molar-refractivity contribution in [3.05, 3.63) is 88.5 Å². The molecule has 0 bridgehead atoms. The molecule has 2 aliphatic carbocycles. The molecule has 0 saturated heterocycles. The molecule has 0 radical (unpaired) electrons. The van der Waals surface area contributed by atoms with Crippen LogP contribution < -0.4 is 4.90 Å². The molecule has 0 saturated carbocycles. The van der Waals surface area contributed by atoms with Crippen LogP contribution in [0.3, 0.4) is 0 Å². The third-order valence-electron chi connectivity index (χ3n) is 9.56. The van der Waals surface area contributed by atoms with Crippen LogP contribution in [-0.2, 0) is 21.7 Å². The second kappa shape index (κ2) is 8.73. The number of nitrogens with zero attached hydrogens (tertiary/aromatic N) is 1. The monoisotopic (exact) mass is 509 g/mol. The van der Waals surface area contributed by atoms with Gasteiger partial charge in [0.1, 0.15) is 0 Å². The van der Waals surface area contributed by atoms with E-state index in [-0.39, 0.29) is 21.7 Å². The topological polar surface area (TPSA) is 40.5 Å². The molecule has 38 heavy (non-hydrogen) atoms. The fourth-order valence-corrected chi connectivity index (χ4v) is 6.63. The number of fused-ring (bicyclic) bond motifs is 2. The van der Waals surface area contributed by atoms with Gasteiger partial charge in [0.05, 0.1) is 5.56 Å². The van der Waals surface area contributed by atoms with Gasteiger partial charge in [-0.2, -0.15) is 0 Å². The van der Waals surface area contributed by atoms with E-state index in [4.69, 9.17) is 0 Å². The van der Waals surface area contributed by atoms with Crippen LogP contribution in [0.4, 0.5) is 17.1 Å². The van der Waals surface area contributed by atoms with E-state index in [1.165, 1.54) is 35.1 Å². The molecule has 1 N–H and O–H groups in total. The highest BCUT2D eigenvalue weighted by Gasteiger charge is 2.39. The second-order valence-corrected chi connectivity index (χ2v) is 14.2. The van der Waals surface area contributed by atoms with Crippen LogP contribution in [0.2, 0.25) is 0 Å². The number of benzene rings is 3. The van der Waals surface area contributed by atoms with Gasteiger partial charge in [0.2, 0.25) is 0 Å². The molecule has 0 spiro atoms. The first-order valence-corrected chi connectivity index (χ1v) is 14.1. The molecule has 0 fully saturated rings. The molecule has 0 aromatic heterocycles. The van der Waals surface area contributed by atoms with Crippen molar-refractivity contribution < 1.29 is 9.90 Å². The van der Waals surface area contributed by atoms with Crippen molar-refractivity contribution in [2.75, 3.05) is 4.90 Å². The van der Waals surface area contributed by atoms with Gasteiger partial charge in [0, 0.05) is 17.1 Å². The zero-order valence-corrected chi connectivity index (χ0v) is 24.4. The minimum Gasteiger partial charge on any atom is -0.478 e. The van der Waals surface area contributed by atoms with Crippen molar-refractivity contribution in [1.82, 2.24) is 0 Å². The molecule has 3 heteroatoms. The number of hydrogen-bond donors (Lipinski definition) is 1. The summed E-state index contributed by atoms with van der Waals surface area (Å²) < 4.78 is 0. The highest BCUT2D eigenvalue weighted by atomic mass is 16.4. The van der Waals surface area contributed by atoms with Gasteiger partial charge in [-0.05, 0) is 118 Å².